The number of benzene rings is 1. The lowest BCUT2D eigenvalue weighted by molar-refractivity contribution is 0.104. The van der Waals surface area contributed by atoms with Crippen LogP contribution in [0, 0.1) is 5.82 Å². The standard InChI is InChI=1S/C17H22FNO2/c18-15-5-3-14(4-6-15)17(20)11-19(16-7-8-16)10-13-2-1-9-21-12-13/h2-6,16-17,20H,1,7-12H2. The normalized spacial score (nSPS) is 20.4. The van der Waals surface area contributed by atoms with Crippen molar-refractivity contribution in [3.8, 4) is 0 Å². The molecule has 21 heavy (non-hydrogen) atoms. The third-order valence-corrected chi connectivity index (χ3v) is 4.11. The number of ether oxygens (including phenoxy) is 1. The van der Waals surface area contributed by atoms with Crippen LogP contribution in [0.3, 0.4) is 0 Å². The van der Waals surface area contributed by atoms with Crippen molar-refractivity contribution in [3.05, 3.63) is 47.3 Å². The molecule has 0 bridgehead atoms. The van der Waals surface area contributed by atoms with Crippen molar-refractivity contribution in [2.24, 2.45) is 0 Å². The summed E-state index contributed by atoms with van der Waals surface area (Å²) >= 11 is 0. The number of aliphatic hydroxyl groups is 1. The Morgan fingerprint density at radius 3 is 2.67 bits per heavy atom. The van der Waals surface area contributed by atoms with Gasteiger partial charge in [0.1, 0.15) is 5.82 Å². The summed E-state index contributed by atoms with van der Waals surface area (Å²) < 4.78 is 18.4. The number of hydrogen-bond acceptors (Lipinski definition) is 3. The van der Waals surface area contributed by atoms with Crippen LogP contribution in [0.5, 0.6) is 0 Å². The average molecular weight is 291 g/mol. The van der Waals surface area contributed by atoms with Gasteiger partial charge >= 0.3 is 0 Å². The lowest BCUT2D eigenvalue weighted by Crippen LogP contribution is -2.34. The average Bonchev–Trinajstić information content (AvgIpc) is 3.33. The highest BCUT2D eigenvalue weighted by Gasteiger charge is 2.31. The first-order chi connectivity index (χ1) is 10.2. The number of hydrogen-bond donors (Lipinski definition) is 1. The Morgan fingerprint density at radius 1 is 1.29 bits per heavy atom. The molecular formula is C17H22FNO2. The fourth-order valence-corrected chi connectivity index (χ4v) is 2.77. The van der Waals surface area contributed by atoms with E-state index in [1.807, 2.05) is 0 Å². The van der Waals surface area contributed by atoms with Crippen molar-refractivity contribution in [3.63, 3.8) is 0 Å². The maximum absolute atomic E-state index is 12.9. The Kier molecular flexibility index (Phi) is 4.68. The Hall–Kier alpha value is -1.23. The van der Waals surface area contributed by atoms with E-state index in [1.54, 1.807) is 12.1 Å². The summed E-state index contributed by atoms with van der Waals surface area (Å²) in [6.45, 7) is 2.97. The van der Waals surface area contributed by atoms with Gasteiger partial charge in [-0.05, 0) is 42.5 Å². The number of aliphatic hydroxyl groups excluding tert-OH is 1. The molecule has 1 fully saturated rings. The Bertz CT molecular complexity index is 496. The smallest absolute Gasteiger partial charge is 0.123 e. The quantitative estimate of drug-likeness (QED) is 0.818. The predicted octanol–water partition coefficient (Wildman–Crippen LogP) is 2.67. The van der Waals surface area contributed by atoms with Gasteiger partial charge < -0.3 is 9.84 Å². The van der Waals surface area contributed by atoms with Crippen LogP contribution < -0.4 is 0 Å². The highest BCUT2D eigenvalue weighted by atomic mass is 19.1. The molecule has 3 rings (SSSR count). The van der Waals surface area contributed by atoms with Crippen molar-refractivity contribution in [2.75, 3.05) is 26.3 Å². The summed E-state index contributed by atoms with van der Waals surface area (Å²) in [5.41, 5.74) is 2.08. The van der Waals surface area contributed by atoms with Crippen LogP contribution >= 0.6 is 0 Å². The molecule has 114 valence electrons. The first-order valence-corrected chi connectivity index (χ1v) is 7.65. The van der Waals surface area contributed by atoms with Crippen molar-refractivity contribution in [1.29, 1.82) is 0 Å². The van der Waals surface area contributed by atoms with E-state index in [4.69, 9.17) is 4.74 Å². The van der Waals surface area contributed by atoms with E-state index in [0.29, 0.717) is 19.2 Å². The monoisotopic (exact) mass is 291 g/mol. The molecule has 1 aromatic carbocycles. The van der Waals surface area contributed by atoms with E-state index in [2.05, 4.69) is 11.0 Å². The first kappa shape index (κ1) is 14.7. The topological polar surface area (TPSA) is 32.7 Å². The molecule has 1 atom stereocenters. The van der Waals surface area contributed by atoms with E-state index in [9.17, 15) is 9.50 Å². The third-order valence-electron chi connectivity index (χ3n) is 4.11. The fourth-order valence-electron chi connectivity index (χ4n) is 2.77. The molecule has 1 aliphatic heterocycles. The minimum absolute atomic E-state index is 0.269. The molecule has 0 saturated heterocycles. The SMILES string of the molecule is OC(CN(CC1=CCCOC1)C1CC1)c1ccc(F)cc1. The Morgan fingerprint density at radius 2 is 2.05 bits per heavy atom. The Labute approximate surface area is 125 Å². The maximum atomic E-state index is 12.9. The number of halogens is 1. The zero-order chi connectivity index (χ0) is 14.7. The zero-order valence-corrected chi connectivity index (χ0v) is 12.2. The van der Waals surface area contributed by atoms with Gasteiger partial charge in [0.25, 0.3) is 0 Å². The number of rotatable bonds is 6. The van der Waals surface area contributed by atoms with Crippen molar-refractivity contribution in [2.45, 2.75) is 31.4 Å². The summed E-state index contributed by atoms with van der Waals surface area (Å²) in [6, 6.07) is 6.69. The molecule has 4 heteroatoms. The minimum Gasteiger partial charge on any atom is -0.387 e. The third kappa shape index (κ3) is 4.13. The fraction of sp³-hybridized carbons (Fsp3) is 0.529. The van der Waals surface area contributed by atoms with Crippen LogP contribution in [-0.4, -0.2) is 42.4 Å². The second-order valence-electron chi connectivity index (χ2n) is 5.93. The largest absolute Gasteiger partial charge is 0.387 e. The lowest BCUT2D eigenvalue weighted by atomic mass is 10.1. The van der Waals surface area contributed by atoms with Crippen molar-refractivity contribution >= 4 is 0 Å². The van der Waals surface area contributed by atoms with Crippen LogP contribution in [0.4, 0.5) is 4.39 Å². The van der Waals surface area contributed by atoms with Crippen molar-refractivity contribution in [1.82, 2.24) is 4.90 Å². The molecule has 0 aromatic heterocycles. The van der Waals surface area contributed by atoms with Crippen LogP contribution in [0.1, 0.15) is 30.9 Å². The molecule has 1 aliphatic carbocycles. The molecule has 1 unspecified atom stereocenters. The molecule has 1 saturated carbocycles. The second-order valence-corrected chi connectivity index (χ2v) is 5.93. The van der Waals surface area contributed by atoms with Gasteiger partial charge in [0.15, 0.2) is 0 Å². The van der Waals surface area contributed by atoms with E-state index in [1.165, 1.54) is 30.5 Å². The van der Waals surface area contributed by atoms with Crippen LogP contribution in [0.2, 0.25) is 0 Å². The summed E-state index contributed by atoms with van der Waals surface area (Å²) in [5, 5.41) is 10.4. The molecule has 0 spiro atoms. The molecule has 1 aromatic rings. The zero-order valence-electron chi connectivity index (χ0n) is 12.2. The highest BCUT2D eigenvalue weighted by Crippen LogP contribution is 2.30. The van der Waals surface area contributed by atoms with E-state index >= 15 is 0 Å². The van der Waals surface area contributed by atoms with Gasteiger partial charge in [0, 0.05) is 19.1 Å². The van der Waals surface area contributed by atoms with Gasteiger partial charge in [-0.3, -0.25) is 4.90 Å². The van der Waals surface area contributed by atoms with E-state index < -0.39 is 6.10 Å². The van der Waals surface area contributed by atoms with Gasteiger partial charge in [-0.1, -0.05) is 18.2 Å². The number of nitrogens with zero attached hydrogens (tertiary/aromatic N) is 1. The van der Waals surface area contributed by atoms with Crippen molar-refractivity contribution < 1.29 is 14.2 Å². The molecular weight excluding hydrogens is 269 g/mol. The van der Waals surface area contributed by atoms with Gasteiger partial charge in [-0.2, -0.15) is 0 Å². The molecule has 0 radical (unpaired) electrons. The predicted molar refractivity (Wildman–Crippen MR) is 79.5 cm³/mol. The lowest BCUT2D eigenvalue weighted by Gasteiger charge is -2.27. The first-order valence-electron chi connectivity index (χ1n) is 7.65. The van der Waals surface area contributed by atoms with E-state index in [0.717, 1.165) is 25.1 Å². The summed E-state index contributed by atoms with van der Waals surface area (Å²) in [4.78, 5) is 2.33. The highest BCUT2D eigenvalue weighted by molar-refractivity contribution is 5.19. The molecule has 2 aliphatic rings. The van der Waals surface area contributed by atoms with Crippen LogP contribution in [0.15, 0.2) is 35.9 Å². The summed E-state index contributed by atoms with van der Waals surface area (Å²) in [7, 11) is 0. The minimum atomic E-state index is -0.573. The molecule has 1 N–H and O–H groups in total. The van der Waals surface area contributed by atoms with Crippen LogP contribution in [0.25, 0.3) is 0 Å². The van der Waals surface area contributed by atoms with Gasteiger partial charge in [-0.25, -0.2) is 4.39 Å². The Balaban J connectivity index is 1.61. The van der Waals surface area contributed by atoms with Gasteiger partial charge in [0.2, 0.25) is 0 Å². The van der Waals surface area contributed by atoms with Crippen LogP contribution in [-0.2, 0) is 4.74 Å². The van der Waals surface area contributed by atoms with Gasteiger partial charge in [-0.15, -0.1) is 0 Å². The second kappa shape index (κ2) is 6.69. The maximum Gasteiger partial charge on any atom is 0.123 e. The van der Waals surface area contributed by atoms with Gasteiger partial charge in [0.05, 0.1) is 19.3 Å². The molecule has 0 amide bonds. The summed E-state index contributed by atoms with van der Waals surface area (Å²) in [5.74, 6) is -0.269. The summed E-state index contributed by atoms with van der Waals surface area (Å²) in [6.07, 6.45) is 5.06. The van der Waals surface area contributed by atoms with E-state index in [-0.39, 0.29) is 5.82 Å². The molecule has 1 heterocycles. The molecule has 3 nitrogen and oxygen atoms in total.